The maximum Gasteiger partial charge on any atom is 0.254 e. The van der Waals surface area contributed by atoms with E-state index < -0.39 is 18.1 Å². The summed E-state index contributed by atoms with van der Waals surface area (Å²) in [5.41, 5.74) is 6.36. The maximum absolute atomic E-state index is 11.1. The van der Waals surface area contributed by atoms with E-state index in [0.29, 0.717) is 6.42 Å². The van der Waals surface area contributed by atoms with Crippen LogP contribution in [0.1, 0.15) is 19.8 Å². The van der Waals surface area contributed by atoms with Crippen molar-refractivity contribution in [1.29, 1.82) is 0 Å². The van der Waals surface area contributed by atoms with Crippen molar-refractivity contribution in [3.63, 3.8) is 0 Å². The van der Waals surface area contributed by atoms with Crippen molar-refractivity contribution in [2.45, 2.75) is 31.9 Å². The van der Waals surface area contributed by atoms with Crippen LogP contribution in [0.2, 0.25) is 0 Å². The van der Waals surface area contributed by atoms with E-state index in [9.17, 15) is 9.90 Å². The number of rotatable bonds is 4. The van der Waals surface area contributed by atoms with Crippen LogP contribution in [0, 0.1) is 0 Å². The molecule has 0 heterocycles. The first-order chi connectivity index (χ1) is 5.65. The number of carbonyl (C=O) groups is 1. The molecule has 0 spiro atoms. The highest BCUT2D eigenvalue weighted by Crippen LogP contribution is 2.13. The highest BCUT2D eigenvalue weighted by molar-refractivity contribution is 5.83. The Hall–Kier alpha value is -0.870. The summed E-state index contributed by atoms with van der Waals surface area (Å²) in [4.78, 5) is 11.1. The summed E-state index contributed by atoms with van der Waals surface area (Å²) in [6.45, 7) is 1.83. The van der Waals surface area contributed by atoms with Crippen LogP contribution in [-0.2, 0) is 4.79 Å². The minimum absolute atomic E-state index is 0.395. The van der Waals surface area contributed by atoms with Crippen LogP contribution in [0.15, 0.2) is 11.8 Å². The average molecular weight is 170 g/mol. The molecule has 0 saturated heterocycles. The Bertz CT molecular complexity index is 213. The molecule has 2 atom stereocenters. The summed E-state index contributed by atoms with van der Waals surface area (Å²) in [6.07, 6.45) is 2.20. The number of amides is 1. The van der Waals surface area contributed by atoms with Gasteiger partial charge in [0.15, 0.2) is 0 Å². The lowest BCUT2D eigenvalue weighted by Gasteiger charge is -2.15. The van der Waals surface area contributed by atoms with Crippen LogP contribution in [0.5, 0.6) is 0 Å². The Morgan fingerprint density at radius 3 is 2.92 bits per heavy atom. The Balaban J connectivity index is 2.33. The fraction of sp³-hybridized carbons (Fsp3) is 0.625. The summed E-state index contributed by atoms with van der Waals surface area (Å²) in [5.74, 6) is -0.395. The monoisotopic (exact) mass is 170 g/mol. The molecule has 0 aromatic rings. The smallest absolute Gasteiger partial charge is 0.254 e. The van der Waals surface area contributed by atoms with Gasteiger partial charge < -0.3 is 16.2 Å². The van der Waals surface area contributed by atoms with Gasteiger partial charge in [-0.15, -0.1) is 0 Å². The molecule has 1 aliphatic rings. The molecule has 0 aromatic heterocycles. The zero-order valence-corrected chi connectivity index (χ0v) is 7.08. The van der Waals surface area contributed by atoms with Crippen LogP contribution < -0.4 is 11.1 Å². The quantitative estimate of drug-likeness (QED) is 0.532. The van der Waals surface area contributed by atoms with Crippen LogP contribution in [0.25, 0.3) is 0 Å². The van der Waals surface area contributed by atoms with E-state index in [0.717, 1.165) is 12.1 Å². The van der Waals surface area contributed by atoms with E-state index in [4.69, 9.17) is 5.73 Å². The second-order valence-electron chi connectivity index (χ2n) is 2.94. The van der Waals surface area contributed by atoms with Crippen molar-refractivity contribution < 1.29 is 9.90 Å². The molecule has 12 heavy (non-hydrogen) atoms. The van der Waals surface area contributed by atoms with E-state index in [1.165, 1.54) is 0 Å². The number of aliphatic hydroxyl groups excluding tert-OH is 1. The number of hydrogen-bond acceptors (Lipinski definition) is 3. The van der Waals surface area contributed by atoms with Crippen molar-refractivity contribution in [3.05, 3.63) is 11.8 Å². The van der Waals surface area contributed by atoms with Gasteiger partial charge in [-0.2, -0.15) is 0 Å². The van der Waals surface area contributed by atoms with Crippen molar-refractivity contribution in [1.82, 2.24) is 5.32 Å². The predicted octanol–water partition coefficient (Wildman–Crippen LogP) is -0.512. The second kappa shape index (κ2) is 3.69. The highest BCUT2D eigenvalue weighted by atomic mass is 16.3. The van der Waals surface area contributed by atoms with E-state index >= 15 is 0 Å². The van der Waals surface area contributed by atoms with Gasteiger partial charge in [-0.3, -0.25) is 4.79 Å². The summed E-state index contributed by atoms with van der Waals surface area (Å²) in [6, 6.07) is -0.468. The highest BCUT2D eigenvalue weighted by Gasteiger charge is 2.23. The van der Waals surface area contributed by atoms with Crippen LogP contribution in [0.4, 0.5) is 0 Å². The van der Waals surface area contributed by atoms with Crippen LogP contribution in [0.3, 0.4) is 0 Å². The fourth-order valence-corrected chi connectivity index (χ4v) is 0.803. The summed E-state index contributed by atoms with van der Waals surface area (Å²) in [5, 5.41) is 11.9. The molecule has 4 heteroatoms. The first-order valence-electron chi connectivity index (χ1n) is 4.08. The van der Waals surface area contributed by atoms with Gasteiger partial charge >= 0.3 is 0 Å². The third-order valence-corrected chi connectivity index (χ3v) is 1.84. The molecule has 1 aliphatic carbocycles. The SMILES string of the molecule is CCC(N)C(O)C(=O)NC1=CC1. The number of nitrogens with one attached hydrogen (secondary N) is 1. The third-order valence-electron chi connectivity index (χ3n) is 1.84. The molecule has 4 nitrogen and oxygen atoms in total. The van der Waals surface area contributed by atoms with Gasteiger partial charge in [0.2, 0.25) is 0 Å². The lowest BCUT2D eigenvalue weighted by molar-refractivity contribution is -0.129. The predicted molar refractivity (Wildman–Crippen MR) is 45.1 cm³/mol. The van der Waals surface area contributed by atoms with E-state index in [1.807, 2.05) is 13.0 Å². The van der Waals surface area contributed by atoms with Gasteiger partial charge in [-0.05, 0) is 6.42 Å². The van der Waals surface area contributed by atoms with Crippen molar-refractivity contribution in [3.8, 4) is 0 Å². The Labute approximate surface area is 71.4 Å². The van der Waals surface area contributed by atoms with Crippen molar-refractivity contribution in [2.24, 2.45) is 5.73 Å². The number of nitrogens with two attached hydrogens (primary N) is 1. The number of hydrogen-bond donors (Lipinski definition) is 3. The molecular formula is C8H14N2O2. The van der Waals surface area contributed by atoms with Gasteiger partial charge in [0, 0.05) is 18.2 Å². The first-order valence-corrected chi connectivity index (χ1v) is 4.08. The molecule has 0 bridgehead atoms. The van der Waals surface area contributed by atoms with Gasteiger partial charge in [0.05, 0.1) is 0 Å². The number of aliphatic hydroxyl groups is 1. The molecule has 1 amide bonds. The first kappa shape index (κ1) is 9.22. The molecule has 1 rings (SSSR count). The third kappa shape index (κ3) is 2.32. The number of carbonyl (C=O) groups excluding carboxylic acids is 1. The molecule has 0 saturated carbocycles. The topological polar surface area (TPSA) is 75.3 Å². The summed E-state index contributed by atoms with van der Waals surface area (Å²) in [7, 11) is 0. The largest absolute Gasteiger partial charge is 0.382 e. The van der Waals surface area contributed by atoms with E-state index in [2.05, 4.69) is 5.32 Å². The molecule has 0 aliphatic heterocycles. The average Bonchev–Trinajstić information content (AvgIpc) is 2.85. The minimum Gasteiger partial charge on any atom is -0.382 e. The maximum atomic E-state index is 11.1. The molecule has 0 aromatic carbocycles. The van der Waals surface area contributed by atoms with E-state index in [-0.39, 0.29) is 0 Å². The Kier molecular flexibility index (Phi) is 2.83. The van der Waals surface area contributed by atoms with E-state index in [1.54, 1.807) is 0 Å². The van der Waals surface area contributed by atoms with Gasteiger partial charge in [-0.25, -0.2) is 0 Å². The van der Waals surface area contributed by atoms with Gasteiger partial charge in [0.25, 0.3) is 5.91 Å². The number of allylic oxidation sites excluding steroid dienone is 2. The lowest BCUT2D eigenvalue weighted by atomic mass is 10.1. The standard InChI is InChI=1S/C8H14N2O2/c1-2-6(9)7(11)8(12)10-5-3-4-5/h3,6-7,11H,2,4,9H2,1H3,(H,10,12). The molecule has 68 valence electrons. The molecule has 2 unspecified atom stereocenters. The van der Waals surface area contributed by atoms with Crippen molar-refractivity contribution >= 4 is 5.91 Å². The molecule has 0 fully saturated rings. The van der Waals surface area contributed by atoms with Crippen LogP contribution >= 0.6 is 0 Å². The van der Waals surface area contributed by atoms with Crippen molar-refractivity contribution in [2.75, 3.05) is 0 Å². The van der Waals surface area contributed by atoms with Gasteiger partial charge in [0.1, 0.15) is 6.10 Å². The van der Waals surface area contributed by atoms with Gasteiger partial charge in [-0.1, -0.05) is 13.0 Å². The minimum atomic E-state index is -1.09. The zero-order valence-electron chi connectivity index (χ0n) is 7.08. The van der Waals surface area contributed by atoms with Crippen LogP contribution in [-0.4, -0.2) is 23.2 Å². The fourth-order valence-electron chi connectivity index (χ4n) is 0.803. The Morgan fingerprint density at radius 1 is 1.92 bits per heavy atom. The lowest BCUT2D eigenvalue weighted by Crippen LogP contribution is -2.45. The Morgan fingerprint density at radius 2 is 2.50 bits per heavy atom. The molecule has 0 radical (unpaired) electrons. The summed E-state index contributed by atoms with van der Waals surface area (Å²) < 4.78 is 0. The zero-order chi connectivity index (χ0) is 9.14. The normalized spacial score (nSPS) is 19.4. The molecular weight excluding hydrogens is 156 g/mol. The summed E-state index contributed by atoms with van der Waals surface area (Å²) >= 11 is 0. The second-order valence-corrected chi connectivity index (χ2v) is 2.94. The molecule has 4 N–H and O–H groups in total.